The third-order valence-corrected chi connectivity index (χ3v) is 5.64. The van der Waals surface area contributed by atoms with Crippen LogP contribution in [0.2, 0.25) is 5.15 Å². The molecule has 2 aromatic rings. The van der Waals surface area contributed by atoms with Crippen LogP contribution in [0.5, 0.6) is 0 Å². The van der Waals surface area contributed by atoms with Crippen LogP contribution in [0, 0.1) is 13.8 Å². The zero-order valence-corrected chi connectivity index (χ0v) is 13.4. The number of anilines is 1. The number of aryl methyl sites for hydroxylation is 1. The molecule has 0 unspecified atom stereocenters. The molecule has 112 valence electrons. The van der Waals surface area contributed by atoms with Gasteiger partial charge in [0, 0.05) is 11.3 Å². The molecule has 0 radical (unpaired) electrons. The average molecular weight is 347 g/mol. The van der Waals surface area contributed by atoms with Crippen molar-refractivity contribution in [3.63, 3.8) is 0 Å². The Hall–Kier alpha value is -1.71. The van der Waals surface area contributed by atoms with Crippen molar-refractivity contribution in [2.24, 2.45) is 0 Å². The SMILES string of the molecule is Cc1nc(NC(=O)NS(=O)(=O)c2cccs2)nc(Cl)c1C. The molecule has 0 bridgehead atoms. The van der Waals surface area contributed by atoms with Gasteiger partial charge in [-0.15, -0.1) is 11.3 Å². The topological polar surface area (TPSA) is 101 Å². The Morgan fingerprint density at radius 1 is 1.33 bits per heavy atom. The Bertz CT molecular complexity index is 752. The molecule has 2 N–H and O–H groups in total. The first kappa shape index (κ1) is 15.7. The summed E-state index contributed by atoms with van der Waals surface area (Å²) in [7, 11) is -3.90. The summed E-state index contributed by atoms with van der Waals surface area (Å²) in [6, 6.07) is 2.01. The van der Waals surface area contributed by atoms with Crippen molar-refractivity contribution in [1.29, 1.82) is 0 Å². The van der Waals surface area contributed by atoms with E-state index in [9.17, 15) is 13.2 Å². The first-order valence-corrected chi connectivity index (χ1v) is 8.42. The van der Waals surface area contributed by atoms with E-state index in [0.29, 0.717) is 11.3 Å². The highest BCUT2D eigenvalue weighted by Crippen LogP contribution is 2.17. The van der Waals surface area contributed by atoms with Gasteiger partial charge in [0.1, 0.15) is 9.36 Å². The van der Waals surface area contributed by atoms with E-state index in [2.05, 4.69) is 15.3 Å². The van der Waals surface area contributed by atoms with E-state index >= 15 is 0 Å². The molecule has 10 heteroatoms. The lowest BCUT2D eigenvalue weighted by atomic mass is 10.3. The van der Waals surface area contributed by atoms with Crippen molar-refractivity contribution in [2.75, 3.05) is 5.32 Å². The van der Waals surface area contributed by atoms with Crippen molar-refractivity contribution in [1.82, 2.24) is 14.7 Å². The van der Waals surface area contributed by atoms with E-state index in [0.717, 1.165) is 11.3 Å². The molecule has 0 saturated carbocycles. The van der Waals surface area contributed by atoms with E-state index in [-0.39, 0.29) is 15.3 Å². The predicted octanol–water partition coefficient (Wildman–Crippen LogP) is 2.32. The largest absolute Gasteiger partial charge is 0.335 e. The average Bonchev–Trinajstić information content (AvgIpc) is 2.89. The molecule has 0 spiro atoms. The molecule has 21 heavy (non-hydrogen) atoms. The first-order chi connectivity index (χ1) is 9.79. The van der Waals surface area contributed by atoms with E-state index in [1.54, 1.807) is 25.3 Å². The molecule has 2 heterocycles. The molecule has 0 atom stereocenters. The third-order valence-electron chi connectivity index (χ3n) is 2.54. The van der Waals surface area contributed by atoms with Crippen LogP contribution in [0.15, 0.2) is 21.7 Å². The van der Waals surface area contributed by atoms with Gasteiger partial charge in [-0.1, -0.05) is 17.7 Å². The van der Waals surface area contributed by atoms with Gasteiger partial charge in [-0.3, -0.25) is 5.32 Å². The number of aromatic nitrogens is 2. The Morgan fingerprint density at radius 3 is 2.62 bits per heavy atom. The molecule has 0 aromatic carbocycles. The van der Waals surface area contributed by atoms with Gasteiger partial charge in [-0.2, -0.15) is 0 Å². The number of nitrogens with one attached hydrogen (secondary N) is 2. The normalized spacial score (nSPS) is 11.2. The number of urea groups is 1. The molecule has 7 nitrogen and oxygen atoms in total. The van der Waals surface area contributed by atoms with Gasteiger partial charge in [-0.05, 0) is 25.3 Å². The van der Waals surface area contributed by atoms with Gasteiger partial charge in [-0.25, -0.2) is 27.9 Å². The number of hydrogen-bond donors (Lipinski definition) is 2. The minimum absolute atomic E-state index is 0.0386. The van der Waals surface area contributed by atoms with Crippen molar-refractivity contribution in [3.05, 3.63) is 33.9 Å². The fraction of sp³-hybridized carbons (Fsp3) is 0.182. The zero-order chi connectivity index (χ0) is 15.6. The van der Waals surface area contributed by atoms with Crippen LogP contribution < -0.4 is 10.0 Å². The fourth-order valence-electron chi connectivity index (χ4n) is 1.37. The summed E-state index contributed by atoms with van der Waals surface area (Å²) in [5.74, 6) is -0.0676. The summed E-state index contributed by atoms with van der Waals surface area (Å²) >= 11 is 6.88. The molecular weight excluding hydrogens is 336 g/mol. The second-order valence-corrected chi connectivity index (χ2v) is 7.26. The predicted molar refractivity (Wildman–Crippen MR) is 80.2 cm³/mol. The van der Waals surface area contributed by atoms with Crippen LogP contribution in [0.4, 0.5) is 10.7 Å². The molecule has 0 saturated heterocycles. The summed E-state index contributed by atoms with van der Waals surface area (Å²) in [5.41, 5.74) is 1.28. The van der Waals surface area contributed by atoms with Crippen LogP contribution in [0.25, 0.3) is 0 Å². The summed E-state index contributed by atoms with van der Waals surface area (Å²) in [6.45, 7) is 3.44. The molecule has 0 aliphatic heterocycles. The number of nitrogens with zero attached hydrogens (tertiary/aromatic N) is 2. The van der Waals surface area contributed by atoms with E-state index < -0.39 is 16.1 Å². The number of amides is 2. The summed E-state index contributed by atoms with van der Waals surface area (Å²) < 4.78 is 25.6. The van der Waals surface area contributed by atoms with Crippen LogP contribution in [0.3, 0.4) is 0 Å². The van der Waals surface area contributed by atoms with Gasteiger partial charge in [0.25, 0.3) is 10.0 Å². The molecule has 0 aliphatic rings. The smallest absolute Gasteiger partial charge is 0.275 e. The standard InChI is InChI=1S/C11H11ClN4O3S2/c1-6-7(2)13-10(14-9(6)12)15-11(17)16-21(18,19)8-4-3-5-20-8/h3-5H,1-2H3,(H2,13,14,15,16,17). The number of thiophene rings is 1. The monoisotopic (exact) mass is 346 g/mol. The molecule has 2 aromatic heterocycles. The maximum absolute atomic E-state index is 11.9. The third kappa shape index (κ3) is 3.69. The molecular formula is C11H11ClN4O3S2. The molecule has 0 aliphatic carbocycles. The number of rotatable bonds is 3. The van der Waals surface area contributed by atoms with Gasteiger partial charge < -0.3 is 0 Å². The second kappa shape index (κ2) is 5.96. The number of sulfonamides is 1. The van der Waals surface area contributed by atoms with E-state index in [4.69, 9.17) is 11.6 Å². The Balaban J connectivity index is 2.13. The minimum Gasteiger partial charge on any atom is -0.275 e. The molecule has 2 amide bonds. The van der Waals surface area contributed by atoms with Crippen molar-refractivity contribution in [3.8, 4) is 0 Å². The van der Waals surface area contributed by atoms with Gasteiger partial charge >= 0.3 is 6.03 Å². The highest BCUT2D eigenvalue weighted by atomic mass is 35.5. The van der Waals surface area contributed by atoms with Crippen molar-refractivity contribution < 1.29 is 13.2 Å². The molecule has 2 rings (SSSR count). The number of halogens is 1. The number of hydrogen-bond acceptors (Lipinski definition) is 6. The van der Waals surface area contributed by atoms with Crippen LogP contribution in [-0.2, 0) is 10.0 Å². The quantitative estimate of drug-likeness (QED) is 0.830. The Morgan fingerprint density at radius 2 is 2.05 bits per heavy atom. The van der Waals surface area contributed by atoms with Crippen molar-refractivity contribution in [2.45, 2.75) is 18.1 Å². The van der Waals surface area contributed by atoms with Gasteiger partial charge in [0.05, 0.1) is 0 Å². The van der Waals surface area contributed by atoms with E-state index in [1.165, 1.54) is 6.07 Å². The van der Waals surface area contributed by atoms with Crippen LogP contribution in [0.1, 0.15) is 11.3 Å². The van der Waals surface area contributed by atoms with Gasteiger partial charge in [0.15, 0.2) is 0 Å². The minimum atomic E-state index is -3.90. The highest BCUT2D eigenvalue weighted by Gasteiger charge is 2.19. The zero-order valence-electron chi connectivity index (χ0n) is 11.0. The maximum atomic E-state index is 11.9. The number of carbonyl (C=O) groups excluding carboxylic acids is 1. The van der Waals surface area contributed by atoms with Crippen LogP contribution >= 0.6 is 22.9 Å². The lowest BCUT2D eigenvalue weighted by molar-refractivity contribution is 0.256. The number of carbonyl (C=O) groups is 1. The van der Waals surface area contributed by atoms with Crippen LogP contribution in [-0.4, -0.2) is 24.4 Å². The second-order valence-electron chi connectivity index (χ2n) is 4.04. The summed E-state index contributed by atoms with van der Waals surface area (Å²) in [4.78, 5) is 19.6. The molecule has 0 fully saturated rings. The highest BCUT2D eigenvalue weighted by molar-refractivity contribution is 7.92. The van der Waals surface area contributed by atoms with E-state index in [1.807, 2.05) is 4.72 Å². The summed E-state index contributed by atoms with van der Waals surface area (Å²) in [5, 5.41) is 4.03. The van der Waals surface area contributed by atoms with Gasteiger partial charge in [0.2, 0.25) is 5.95 Å². The summed E-state index contributed by atoms with van der Waals surface area (Å²) in [6.07, 6.45) is 0. The lowest BCUT2D eigenvalue weighted by Crippen LogP contribution is -2.34. The van der Waals surface area contributed by atoms with Crippen molar-refractivity contribution >= 4 is 44.9 Å². The Labute approximate surface area is 130 Å². The lowest BCUT2D eigenvalue weighted by Gasteiger charge is -2.08. The Kier molecular flexibility index (Phi) is 4.45. The maximum Gasteiger partial charge on any atom is 0.335 e. The first-order valence-electron chi connectivity index (χ1n) is 5.67. The fourth-order valence-corrected chi connectivity index (χ4v) is 3.48.